The van der Waals surface area contributed by atoms with E-state index in [1.807, 2.05) is 20.0 Å². The van der Waals surface area contributed by atoms with Crippen molar-refractivity contribution in [2.75, 3.05) is 27.7 Å². The first kappa shape index (κ1) is 22.9. The number of aliphatic imine (C=N–C) groups is 1. The highest BCUT2D eigenvalue weighted by atomic mass is 127. The summed E-state index contributed by atoms with van der Waals surface area (Å²) in [5.41, 5.74) is 2.59. The van der Waals surface area contributed by atoms with Crippen LogP contribution in [-0.2, 0) is 12.0 Å². The number of benzene rings is 1. The lowest BCUT2D eigenvalue weighted by molar-refractivity contribution is 0.397. The average Bonchev–Trinajstić information content (AvgIpc) is 3.32. The number of aryl methyl sites for hydroxylation is 1. The van der Waals surface area contributed by atoms with E-state index in [-0.39, 0.29) is 29.4 Å². The van der Waals surface area contributed by atoms with Crippen LogP contribution in [0.5, 0.6) is 5.75 Å². The van der Waals surface area contributed by atoms with Gasteiger partial charge in [0.15, 0.2) is 5.96 Å². The lowest BCUT2D eigenvalue weighted by atomic mass is 9.78. The average molecular weight is 514 g/mol. The maximum absolute atomic E-state index is 5.45. The number of nitrogens with one attached hydrogen (secondary N) is 1. The van der Waals surface area contributed by atoms with Crippen LogP contribution in [0.2, 0.25) is 0 Å². The molecule has 28 heavy (non-hydrogen) atoms. The summed E-state index contributed by atoms with van der Waals surface area (Å²) in [6.45, 7) is 3.68. The molecule has 0 unspecified atom stereocenters. The number of rotatable bonds is 6. The van der Waals surface area contributed by atoms with Crippen molar-refractivity contribution in [3.8, 4) is 5.75 Å². The summed E-state index contributed by atoms with van der Waals surface area (Å²) in [5.74, 6) is 1.84. The molecule has 1 saturated carbocycles. The lowest BCUT2D eigenvalue weighted by Crippen LogP contribution is -2.45. The minimum atomic E-state index is 0. The van der Waals surface area contributed by atoms with Gasteiger partial charge in [0.05, 0.1) is 24.4 Å². The lowest BCUT2D eigenvalue weighted by Gasteiger charge is -2.32. The zero-order valence-corrected chi connectivity index (χ0v) is 20.3. The summed E-state index contributed by atoms with van der Waals surface area (Å²) in [7, 11) is 5.64. The molecule has 1 heterocycles. The number of hydrogen-bond donors (Lipinski definition) is 1. The van der Waals surface area contributed by atoms with E-state index >= 15 is 0 Å². The van der Waals surface area contributed by atoms with Gasteiger partial charge in [-0.25, -0.2) is 4.98 Å². The Kier molecular flexibility index (Phi) is 8.55. The molecule has 1 aromatic carbocycles. The third-order valence-corrected chi connectivity index (χ3v) is 6.29. The molecule has 2 aromatic rings. The van der Waals surface area contributed by atoms with Gasteiger partial charge in [0.1, 0.15) is 5.75 Å². The van der Waals surface area contributed by atoms with Crippen LogP contribution in [0, 0.1) is 6.92 Å². The molecule has 0 amide bonds. The number of nitrogens with zero attached hydrogens (tertiary/aromatic N) is 3. The van der Waals surface area contributed by atoms with Crippen molar-refractivity contribution >= 4 is 41.3 Å². The fraction of sp³-hybridized carbons (Fsp3) is 0.524. The molecule has 1 fully saturated rings. The maximum atomic E-state index is 5.45. The highest BCUT2D eigenvalue weighted by molar-refractivity contribution is 14.0. The molecular formula is C21H31IN4OS. The zero-order valence-electron chi connectivity index (χ0n) is 17.2. The van der Waals surface area contributed by atoms with Crippen LogP contribution >= 0.6 is 35.3 Å². The van der Waals surface area contributed by atoms with E-state index < -0.39 is 0 Å². The topological polar surface area (TPSA) is 49.8 Å². The van der Waals surface area contributed by atoms with Crippen molar-refractivity contribution in [1.82, 2.24) is 15.2 Å². The zero-order chi connectivity index (χ0) is 19.3. The second-order valence-corrected chi connectivity index (χ2v) is 8.40. The first-order chi connectivity index (χ1) is 13.1. The Morgan fingerprint density at radius 2 is 2.11 bits per heavy atom. The normalized spacial score (nSPS) is 15.8. The molecule has 1 aliphatic rings. The van der Waals surface area contributed by atoms with E-state index in [1.54, 1.807) is 18.4 Å². The van der Waals surface area contributed by atoms with Crippen LogP contribution in [0.4, 0.5) is 0 Å². The largest absolute Gasteiger partial charge is 0.497 e. The smallest absolute Gasteiger partial charge is 0.193 e. The van der Waals surface area contributed by atoms with Gasteiger partial charge in [0.2, 0.25) is 0 Å². The maximum Gasteiger partial charge on any atom is 0.193 e. The summed E-state index contributed by atoms with van der Waals surface area (Å²) < 4.78 is 5.45. The Labute approximate surface area is 189 Å². The van der Waals surface area contributed by atoms with E-state index in [2.05, 4.69) is 50.8 Å². The molecule has 3 rings (SSSR count). The molecule has 154 valence electrons. The van der Waals surface area contributed by atoms with Crippen molar-refractivity contribution in [2.24, 2.45) is 4.99 Å². The molecule has 7 heteroatoms. The van der Waals surface area contributed by atoms with Crippen molar-refractivity contribution < 1.29 is 4.74 Å². The Morgan fingerprint density at radius 3 is 2.71 bits per heavy atom. The minimum absolute atomic E-state index is 0. The quantitative estimate of drug-likeness (QED) is 0.348. The third kappa shape index (κ3) is 5.37. The van der Waals surface area contributed by atoms with Gasteiger partial charge >= 0.3 is 0 Å². The van der Waals surface area contributed by atoms with Gasteiger partial charge in [-0.05, 0) is 37.5 Å². The summed E-state index contributed by atoms with van der Waals surface area (Å²) in [5, 5.41) is 6.85. The van der Waals surface area contributed by atoms with Crippen LogP contribution in [0.3, 0.4) is 0 Å². The molecule has 5 nitrogen and oxygen atoms in total. The summed E-state index contributed by atoms with van der Waals surface area (Å²) >= 11 is 1.69. The standard InChI is InChI=1S/C21H30N4OS.HI/c1-16-24-18(14-27-16)13-25(3)20(22-2)23-15-21(10-5-6-11-21)17-8-7-9-19(12-17)26-4;/h7-9,12,14H,5-6,10-11,13,15H2,1-4H3,(H,22,23);1H. The van der Waals surface area contributed by atoms with Crippen LogP contribution < -0.4 is 10.1 Å². The van der Waals surface area contributed by atoms with E-state index in [1.165, 1.54) is 31.2 Å². The molecule has 0 radical (unpaired) electrons. The van der Waals surface area contributed by atoms with E-state index in [9.17, 15) is 0 Å². The van der Waals surface area contributed by atoms with E-state index in [0.29, 0.717) is 0 Å². The summed E-state index contributed by atoms with van der Waals surface area (Å²) in [4.78, 5) is 11.2. The van der Waals surface area contributed by atoms with E-state index in [0.717, 1.165) is 35.5 Å². The third-order valence-electron chi connectivity index (χ3n) is 5.47. The van der Waals surface area contributed by atoms with Gasteiger partial charge in [-0.15, -0.1) is 35.3 Å². The van der Waals surface area contributed by atoms with Gasteiger partial charge in [-0.2, -0.15) is 0 Å². The van der Waals surface area contributed by atoms with Crippen molar-refractivity contribution in [3.63, 3.8) is 0 Å². The first-order valence-electron chi connectivity index (χ1n) is 9.54. The van der Waals surface area contributed by atoms with Crippen LogP contribution in [-0.4, -0.2) is 43.6 Å². The predicted octanol–water partition coefficient (Wildman–Crippen LogP) is 4.60. The number of thiazole rings is 1. The molecule has 0 spiro atoms. The minimum Gasteiger partial charge on any atom is -0.497 e. The first-order valence-corrected chi connectivity index (χ1v) is 10.4. The second-order valence-electron chi connectivity index (χ2n) is 7.33. The SMILES string of the molecule is CN=C(NCC1(c2cccc(OC)c2)CCCC1)N(C)Cc1csc(C)n1.I. The van der Waals surface area contributed by atoms with Crippen molar-refractivity contribution in [3.05, 3.63) is 45.9 Å². The number of hydrogen-bond acceptors (Lipinski definition) is 4. The predicted molar refractivity (Wildman–Crippen MR) is 128 cm³/mol. The second kappa shape index (κ2) is 10.4. The molecule has 1 N–H and O–H groups in total. The Hall–Kier alpha value is -1.35. The number of halogens is 1. The van der Waals surface area contributed by atoms with E-state index in [4.69, 9.17) is 4.74 Å². The van der Waals surface area contributed by atoms with Gasteiger partial charge in [-0.3, -0.25) is 4.99 Å². The summed E-state index contributed by atoms with van der Waals surface area (Å²) in [6.07, 6.45) is 4.93. The number of guanidine groups is 1. The monoisotopic (exact) mass is 514 g/mol. The molecular weight excluding hydrogens is 483 g/mol. The van der Waals surface area contributed by atoms with Crippen LogP contribution in [0.25, 0.3) is 0 Å². The number of aromatic nitrogens is 1. The highest BCUT2D eigenvalue weighted by Crippen LogP contribution is 2.41. The van der Waals surface area contributed by atoms with Gasteiger partial charge in [0, 0.05) is 31.4 Å². The van der Waals surface area contributed by atoms with Crippen LogP contribution in [0.1, 0.15) is 41.9 Å². The van der Waals surface area contributed by atoms with Crippen molar-refractivity contribution in [2.45, 2.75) is 44.6 Å². The Balaban J connectivity index is 0.00000280. The fourth-order valence-corrected chi connectivity index (χ4v) is 4.61. The number of ether oxygens (including phenoxy) is 1. The summed E-state index contributed by atoms with van der Waals surface area (Å²) in [6, 6.07) is 8.54. The molecule has 0 saturated heterocycles. The fourth-order valence-electron chi connectivity index (χ4n) is 4.00. The molecule has 0 aliphatic heterocycles. The van der Waals surface area contributed by atoms with Gasteiger partial charge < -0.3 is 15.0 Å². The molecule has 1 aromatic heterocycles. The number of methoxy groups -OCH3 is 1. The van der Waals surface area contributed by atoms with Crippen LogP contribution in [0.15, 0.2) is 34.6 Å². The highest BCUT2D eigenvalue weighted by Gasteiger charge is 2.36. The Bertz CT molecular complexity index is 786. The molecule has 0 bridgehead atoms. The Morgan fingerprint density at radius 1 is 1.36 bits per heavy atom. The van der Waals surface area contributed by atoms with Crippen molar-refractivity contribution in [1.29, 1.82) is 0 Å². The van der Waals surface area contributed by atoms with Gasteiger partial charge in [-0.1, -0.05) is 25.0 Å². The molecule has 1 aliphatic carbocycles. The molecule has 0 atom stereocenters. The van der Waals surface area contributed by atoms with Gasteiger partial charge in [0.25, 0.3) is 0 Å².